The van der Waals surface area contributed by atoms with Crippen molar-refractivity contribution >= 4 is 52.5 Å². The molecule has 1 N–H and O–H groups in total. The fourth-order valence-electron chi connectivity index (χ4n) is 2.79. The average molecular weight is 393 g/mol. The van der Waals surface area contributed by atoms with Crippen LogP contribution in [0.25, 0.3) is 0 Å². The number of Topliss-reactive ketones (excluding diaryl/α,β-unsaturated/α-hetero) is 1. The van der Waals surface area contributed by atoms with Crippen LogP contribution in [-0.4, -0.2) is 28.9 Å². The van der Waals surface area contributed by atoms with E-state index in [9.17, 15) is 14.4 Å². The molecule has 0 bridgehead atoms. The van der Waals surface area contributed by atoms with Gasteiger partial charge in [0.05, 0.1) is 11.4 Å². The molecule has 7 heteroatoms. The minimum atomic E-state index is -1.09. The number of amides is 2. The highest BCUT2D eigenvalue weighted by Crippen LogP contribution is 2.22. The van der Waals surface area contributed by atoms with Crippen LogP contribution in [0.4, 0.5) is 11.4 Å². The van der Waals surface area contributed by atoms with Crippen LogP contribution >= 0.6 is 12.2 Å². The maximum Gasteiger partial charge on any atom is 0.251 e. The minimum absolute atomic E-state index is 0.0457. The van der Waals surface area contributed by atoms with E-state index in [4.69, 9.17) is 12.2 Å². The number of carbonyl (C=O) groups is 3. The first-order valence-corrected chi connectivity index (χ1v) is 9.24. The molecule has 0 aromatic heterocycles. The monoisotopic (exact) mass is 393 g/mol. The molecule has 1 saturated heterocycles. The van der Waals surface area contributed by atoms with Crippen molar-refractivity contribution in [2.75, 3.05) is 4.90 Å². The Kier molecular flexibility index (Phi) is 5.75. The van der Waals surface area contributed by atoms with E-state index in [1.54, 1.807) is 36.4 Å². The summed E-state index contributed by atoms with van der Waals surface area (Å²) in [5, 5.41) is 2.61. The summed E-state index contributed by atoms with van der Waals surface area (Å²) in [5.41, 5.74) is 2.83. The molecule has 6 nitrogen and oxygen atoms in total. The van der Waals surface area contributed by atoms with Crippen LogP contribution in [0.3, 0.4) is 0 Å². The zero-order valence-electron chi connectivity index (χ0n) is 15.5. The van der Waals surface area contributed by atoms with E-state index in [2.05, 4.69) is 10.3 Å². The third-order valence-electron chi connectivity index (χ3n) is 4.45. The predicted octanol–water partition coefficient (Wildman–Crippen LogP) is 3.22. The van der Waals surface area contributed by atoms with Crippen LogP contribution in [0.5, 0.6) is 0 Å². The molecule has 2 aromatic carbocycles. The van der Waals surface area contributed by atoms with E-state index in [0.717, 1.165) is 12.0 Å². The first kappa shape index (κ1) is 19.6. The fourth-order valence-corrected chi connectivity index (χ4v) is 3.09. The molecule has 0 spiro atoms. The Morgan fingerprint density at radius 2 is 1.79 bits per heavy atom. The number of thiocarbonyl (C=S) groups is 1. The summed E-state index contributed by atoms with van der Waals surface area (Å²) >= 11 is 5.19. The van der Waals surface area contributed by atoms with Gasteiger partial charge in [-0.05, 0) is 67.5 Å². The van der Waals surface area contributed by atoms with E-state index < -0.39 is 17.7 Å². The van der Waals surface area contributed by atoms with Crippen LogP contribution in [-0.2, 0) is 16.0 Å². The van der Waals surface area contributed by atoms with E-state index in [1.807, 2.05) is 19.1 Å². The van der Waals surface area contributed by atoms with Crippen molar-refractivity contribution in [2.45, 2.75) is 20.3 Å². The predicted molar refractivity (Wildman–Crippen MR) is 112 cm³/mol. The Labute approximate surface area is 168 Å². The van der Waals surface area contributed by atoms with Crippen LogP contribution in [0.15, 0.2) is 53.5 Å². The second kappa shape index (κ2) is 8.22. The number of nitrogens with one attached hydrogen (secondary N) is 1. The average Bonchev–Trinajstić information content (AvgIpc) is 2.68. The summed E-state index contributed by atoms with van der Waals surface area (Å²) in [6, 6.07) is 14.0. The lowest BCUT2D eigenvalue weighted by molar-refractivity contribution is -0.130. The molecule has 0 saturated carbocycles. The number of aliphatic imine (C=N–C) groups is 1. The third-order valence-corrected chi connectivity index (χ3v) is 4.74. The van der Waals surface area contributed by atoms with Gasteiger partial charge in [0.2, 0.25) is 5.91 Å². The van der Waals surface area contributed by atoms with Gasteiger partial charge in [0.15, 0.2) is 16.8 Å². The van der Waals surface area contributed by atoms with Crippen LogP contribution < -0.4 is 10.2 Å². The van der Waals surface area contributed by atoms with Crippen molar-refractivity contribution in [3.8, 4) is 0 Å². The smallest absolute Gasteiger partial charge is 0.251 e. The lowest BCUT2D eigenvalue weighted by Gasteiger charge is -2.31. The summed E-state index contributed by atoms with van der Waals surface area (Å²) in [6.45, 7) is 3.52. The van der Waals surface area contributed by atoms with Gasteiger partial charge >= 0.3 is 0 Å². The number of hydrogen-bond acceptors (Lipinski definition) is 5. The Hall–Kier alpha value is -3.19. The molecule has 3 rings (SSSR count). The highest BCUT2D eigenvalue weighted by Gasteiger charge is 2.38. The third kappa shape index (κ3) is 4.04. The normalized spacial score (nSPS) is 17.1. The molecule has 1 aliphatic heterocycles. The second-order valence-electron chi connectivity index (χ2n) is 6.35. The summed E-state index contributed by atoms with van der Waals surface area (Å²) < 4.78 is 0. The maximum atomic E-state index is 12.9. The van der Waals surface area contributed by atoms with Gasteiger partial charge in [-0.15, -0.1) is 0 Å². The molecule has 0 unspecified atom stereocenters. The van der Waals surface area contributed by atoms with Gasteiger partial charge in [-0.2, -0.15) is 0 Å². The molecule has 0 radical (unpaired) electrons. The number of aryl methyl sites for hydroxylation is 1. The summed E-state index contributed by atoms with van der Waals surface area (Å²) in [5.74, 6) is -2.11. The fraction of sp³-hybridized carbons (Fsp3) is 0.190. The molecular formula is C21H19N3O3S. The van der Waals surface area contributed by atoms with Crippen molar-refractivity contribution in [3.63, 3.8) is 0 Å². The summed E-state index contributed by atoms with van der Waals surface area (Å²) in [4.78, 5) is 42.1. The number of hydrogen-bond donors (Lipinski definition) is 1. The lowest BCUT2D eigenvalue weighted by Crippen LogP contribution is -2.58. The van der Waals surface area contributed by atoms with Gasteiger partial charge < -0.3 is 5.32 Å². The molecule has 0 aliphatic carbocycles. The molecule has 1 atom stereocenters. The number of carbonyl (C=O) groups excluding carboxylic acids is 3. The Morgan fingerprint density at radius 1 is 1.14 bits per heavy atom. The number of anilines is 1. The number of rotatable bonds is 5. The SMILES string of the molecule is CCc1ccc(N2C(=O)[C@H](C=Nc3ccc(C(C)=O)cc3)C(=O)NC2=S)cc1. The summed E-state index contributed by atoms with van der Waals surface area (Å²) in [7, 11) is 0. The highest BCUT2D eigenvalue weighted by atomic mass is 32.1. The standard InChI is InChI=1S/C21H19N3O3S/c1-3-14-4-10-17(11-5-14)24-20(27)18(19(26)23-21(24)28)12-22-16-8-6-15(7-9-16)13(2)25/h4-12,18H,3H2,1-2H3,(H,23,26,28)/t18-/m1/s1. The van der Waals surface area contributed by atoms with Gasteiger partial charge in [-0.1, -0.05) is 19.1 Å². The van der Waals surface area contributed by atoms with Crippen molar-refractivity contribution in [3.05, 3.63) is 59.7 Å². The second-order valence-corrected chi connectivity index (χ2v) is 6.73. The first-order chi connectivity index (χ1) is 13.4. The van der Waals surface area contributed by atoms with Crippen molar-refractivity contribution < 1.29 is 14.4 Å². The van der Waals surface area contributed by atoms with Crippen LogP contribution in [0, 0.1) is 5.92 Å². The Balaban J connectivity index is 1.83. The quantitative estimate of drug-likeness (QED) is 0.366. The van der Waals surface area contributed by atoms with Gasteiger partial charge in [-0.25, -0.2) is 0 Å². The first-order valence-electron chi connectivity index (χ1n) is 8.83. The molecule has 28 heavy (non-hydrogen) atoms. The van der Waals surface area contributed by atoms with Crippen molar-refractivity contribution in [2.24, 2.45) is 10.9 Å². The number of ketones is 1. The molecule has 1 heterocycles. The van der Waals surface area contributed by atoms with Gasteiger partial charge in [0, 0.05) is 11.8 Å². The van der Waals surface area contributed by atoms with Gasteiger partial charge in [0.25, 0.3) is 5.91 Å². The van der Waals surface area contributed by atoms with Crippen LogP contribution in [0.1, 0.15) is 29.8 Å². The van der Waals surface area contributed by atoms with Crippen LogP contribution in [0.2, 0.25) is 0 Å². The molecular weight excluding hydrogens is 374 g/mol. The topological polar surface area (TPSA) is 78.8 Å². The molecule has 2 aromatic rings. The van der Waals surface area contributed by atoms with E-state index in [1.165, 1.54) is 18.0 Å². The van der Waals surface area contributed by atoms with E-state index in [-0.39, 0.29) is 10.9 Å². The Morgan fingerprint density at radius 3 is 2.36 bits per heavy atom. The van der Waals surface area contributed by atoms with Crippen molar-refractivity contribution in [1.29, 1.82) is 0 Å². The minimum Gasteiger partial charge on any atom is -0.301 e. The summed E-state index contributed by atoms with van der Waals surface area (Å²) in [6.07, 6.45) is 2.18. The van der Waals surface area contributed by atoms with E-state index >= 15 is 0 Å². The van der Waals surface area contributed by atoms with E-state index in [0.29, 0.717) is 16.9 Å². The zero-order valence-corrected chi connectivity index (χ0v) is 16.3. The largest absolute Gasteiger partial charge is 0.301 e. The maximum absolute atomic E-state index is 12.9. The molecule has 1 fully saturated rings. The number of benzene rings is 2. The lowest BCUT2D eigenvalue weighted by atomic mass is 10.1. The molecule has 142 valence electrons. The molecule has 1 aliphatic rings. The van der Waals surface area contributed by atoms with Gasteiger partial charge in [0.1, 0.15) is 0 Å². The molecule has 2 amide bonds. The van der Waals surface area contributed by atoms with Crippen molar-refractivity contribution in [1.82, 2.24) is 5.32 Å². The zero-order chi connectivity index (χ0) is 20.3. The highest BCUT2D eigenvalue weighted by molar-refractivity contribution is 7.80. The number of nitrogens with zero attached hydrogens (tertiary/aromatic N) is 2. The Bertz CT molecular complexity index is 965. The van der Waals surface area contributed by atoms with Gasteiger partial charge in [-0.3, -0.25) is 24.3 Å².